The maximum absolute atomic E-state index is 2.31. The van der Waals surface area contributed by atoms with Crippen molar-refractivity contribution < 1.29 is 0 Å². The molecule has 0 aliphatic rings. The molecule has 0 radical (unpaired) electrons. The molecular formula is C23H32. The van der Waals surface area contributed by atoms with E-state index in [0.29, 0.717) is 0 Å². The summed E-state index contributed by atoms with van der Waals surface area (Å²) >= 11 is 0. The lowest BCUT2D eigenvalue weighted by molar-refractivity contribution is 0.966. The molecule has 0 amide bonds. The second-order valence-corrected chi connectivity index (χ2v) is 5.74. The number of aryl methyl sites for hydroxylation is 1. The molecule has 0 saturated heterocycles. The van der Waals surface area contributed by atoms with Gasteiger partial charge in [0, 0.05) is 0 Å². The minimum Gasteiger partial charge on any atom is -0.0917 e. The van der Waals surface area contributed by atoms with E-state index in [2.05, 4.69) is 85.9 Å². The summed E-state index contributed by atoms with van der Waals surface area (Å²) in [6.07, 6.45) is 27.5. The molecule has 1 aromatic rings. The van der Waals surface area contributed by atoms with Gasteiger partial charge < -0.3 is 0 Å². The van der Waals surface area contributed by atoms with Gasteiger partial charge in [-0.3, -0.25) is 0 Å². The van der Waals surface area contributed by atoms with Gasteiger partial charge in [0.15, 0.2) is 0 Å². The number of unbranched alkanes of at least 4 members (excludes halogenated alkanes) is 3. The van der Waals surface area contributed by atoms with E-state index >= 15 is 0 Å². The highest BCUT2D eigenvalue weighted by molar-refractivity contribution is 5.15. The summed E-state index contributed by atoms with van der Waals surface area (Å²) < 4.78 is 0. The predicted octanol–water partition coefficient (Wildman–Crippen LogP) is 7.20. The first-order valence-corrected chi connectivity index (χ1v) is 9.03. The molecular weight excluding hydrogens is 276 g/mol. The summed E-state index contributed by atoms with van der Waals surface area (Å²) in [5, 5.41) is 0. The molecule has 0 N–H and O–H groups in total. The number of rotatable bonds is 12. The summed E-state index contributed by atoms with van der Waals surface area (Å²) in [4.78, 5) is 0. The maximum atomic E-state index is 2.31. The Morgan fingerprint density at radius 3 is 1.48 bits per heavy atom. The van der Waals surface area contributed by atoms with Gasteiger partial charge in [-0.25, -0.2) is 0 Å². The minimum atomic E-state index is 1.14. The van der Waals surface area contributed by atoms with Crippen molar-refractivity contribution in [1.82, 2.24) is 0 Å². The van der Waals surface area contributed by atoms with E-state index in [1.54, 1.807) is 0 Å². The fraction of sp³-hybridized carbons (Fsp3) is 0.391. The van der Waals surface area contributed by atoms with Crippen molar-refractivity contribution >= 4 is 0 Å². The number of hydrogen-bond acceptors (Lipinski definition) is 0. The van der Waals surface area contributed by atoms with Crippen molar-refractivity contribution in [3.8, 4) is 0 Å². The third-order valence-electron chi connectivity index (χ3n) is 3.68. The Labute approximate surface area is 143 Å². The SMILES string of the molecule is CC=CCCC=CCCC=CCCC=CCCc1ccccc1. The highest BCUT2D eigenvalue weighted by Crippen LogP contribution is 2.04. The van der Waals surface area contributed by atoms with Crippen molar-refractivity contribution in [2.24, 2.45) is 0 Å². The Morgan fingerprint density at radius 1 is 0.565 bits per heavy atom. The van der Waals surface area contributed by atoms with Crippen LogP contribution in [0.3, 0.4) is 0 Å². The smallest absolute Gasteiger partial charge is 0.0244 e. The van der Waals surface area contributed by atoms with Gasteiger partial charge in [-0.2, -0.15) is 0 Å². The van der Waals surface area contributed by atoms with E-state index < -0.39 is 0 Å². The van der Waals surface area contributed by atoms with Gasteiger partial charge >= 0.3 is 0 Å². The van der Waals surface area contributed by atoms with Crippen LogP contribution in [-0.4, -0.2) is 0 Å². The Morgan fingerprint density at radius 2 is 1.00 bits per heavy atom. The normalized spacial score (nSPS) is 12.4. The predicted molar refractivity (Wildman–Crippen MR) is 105 cm³/mol. The lowest BCUT2D eigenvalue weighted by Crippen LogP contribution is -1.81. The first-order valence-electron chi connectivity index (χ1n) is 9.03. The van der Waals surface area contributed by atoms with Gasteiger partial charge in [-0.1, -0.05) is 78.9 Å². The van der Waals surface area contributed by atoms with Gasteiger partial charge in [0.05, 0.1) is 0 Å². The summed E-state index contributed by atoms with van der Waals surface area (Å²) in [6, 6.07) is 10.7. The molecule has 1 rings (SSSR count). The monoisotopic (exact) mass is 308 g/mol. The average molecular weight is 309 g/mol. The molecule has 0 aliphatic carbocycles. The van der Waals surface area contributed by atoms with Crippen LogP contribution in [0.2, 0.25) is 0 Å². The van der Waals surface area contributed by atoms with E-state index in [0.717, 1.165) is 32.1 Å². The zero-order valence-corrected chi connectivity index (χ0v) is 14.7. The fourth-order valence-electron chi connectivity index (χ4n) is 2.35. The first kappa shape index (κ1) is 19.2. The Kier molecular flexibility index (Phi) is 12.6. The van der Waals surface area contributed by atoms with Crippen molar-refractivity contribution in [2.45, 2.75) is 58.3 Å². The summed E-state index contributed by atoms with van der Waals surface area (Å²) in [7, 11) is 0. The van der Waals surface area contributed by atoms with Crippen LogP contribution in [0.4, 0.5) is 0 Å². The van der Waals surface area contributed by atoms with E-state index in [1.165, 1.54) is 24.8 Å². The van der Waals surface area contributed by atoms with Crippen LogP contribution in [0.5, 0.6) is 0 Å². The van der Waals surface area contributed by atoms with Crippen molar-refractivity contribution in [3.63, 3.8) is 0 Å². The molecule has 23 heavy (non-hydrogen) atoms. The summed E-state index contributed by atoms with van der Waals surface area (Å²) in [6.45, 7) is 2.08. The van der Waals surface area contributed by atoms with Gasteiger partial charge in [0.25, 0.3) is 0 Å². The first-order chi connectivity index (χ1) is 11.4. The Hall–Kier alpha value is -1.82. The van der Waals surface area contributed by atoms with Crippen molar-refractivity contribution in [1.29, 1.82) is 0 Å². The minimum absolute atomic E-state index is 1.14. The van der Waals surface area contributed by atoms with Gasteiger partial charge in [-0.15, -0.1) is 0 Å². The van der Waals surface area contributed by atoms with E-state index in [-0.39, 0.29) is 0 Å². The fourth-order valence-corrected chi connectivity index (χ4v) is 2.35. The standard InChI is InChI=1S/C23H32/c1-2-3-4-5-6-7-8-9-10-11-12-13-14-15-17-20-23-21-18-16-19-22-23/h2-3,6-7,10-11,14-16,18-19,21-22H,4-5,8-9,12-13,17,20H2,1H3. The van der Waals surface area contributed by atoms with Crippen molar-refractivity contribution in [2.75, 3.05) is 0 Å². The molecule has 0 nitrogen and oxygen atoms in total. The second-order valence-electron chi connectivity index (χ2n) is 5.74. The molecule has 0 atom stereocenters. The third-order valence-corrected chi connectivity index (χ3v) is 3.68. The van der Waals surface area contributed by atoms with Crippen LogP contribution in [0.1, 0.15) is 57.4 Å². The van der Waals surface area contributed by atoms with E-state index in [4.69, 9.17) is 0 Å². The number of hydrogen-bond donors (Lipinski definition) is 0. The van der Waals surface area contributed by atoms with Crippen LogP contribution in [-0.2, 0) is 6.42 Å². The lowest BCUT2D eigenvalue weighted by atomic mass is 10.1. The van der Waals surface area contributed by atoms with Crippen LogP contribution < -0.4 is 0 Å². The molecule has 0 aromatic heterocycles. The number of allylic oxidation sites excluding steroid dienone is 8. The van der Waals surface area contributed by atoms with E-state index in [1.807, 2.05) is 0 Å². The summed E-state index contributed by atoms with van der Waals surface area (Å²) in [5.41, 5.74) is 1.43. The molecule has 0 spiro atoms. The zero-order valence-electron chi connectivity index (χ0n) is 14.7. The molecule has 0 heterocycles. The lowest BCUT2D eigenvalue weighted by Gasteiger charge is -1.96. The quantitative estimate of drug-likeness (QED) is 0.283. The van der Waals surface area contributed by atoms with Crippen LogP contribution >= 0.6 is 0 Å². The molecule has 0 fully saturated rings. The van der Waals surface area contributed by atoms with Gasteiger partial charge in [0.2, 0.25) is 0 Å². The van der Waals surface area contributed by atoms with Gasteiger partial charge in [0.1, 0.15) is 0 Å². The molecule has 0 bridgehead atoms. The molecule has 124 valence electrons. The third kappa shape index (κ3) is 12.4. The molecule has 0 heteroatoms. The van der Waals surface area contributed by atoms with Crippen LogP contribution in [0.25, 0.3) is 0 Å². The largest absolute Gasteiger partial charge is 0.0917 e. The highest BCUT2D eigenvalue weighted by Gasteiger charge is 1.87. The Balaban J connectivity index is 1.92. The molecule has 0 saturated carbocycles. The molecule has 0 unspecified atom stereocenters. The summed E-state index contributed by atoms with van der Waals surface area (Å²) in [5.74, 6) is 0. The highest BCUT2D eigenvalue weighted by atomic mass is 13.9. The molecule has 0 aliphatic heterocycles. The van der Waals surface area contributed by atoms with Gasteiger partial charge in [-0.05, 0) is 63.9 Å². The maximum Gasteiger partial charge on any atom is -0.0244 e. The zero-order chi connectivity index (χ0) is 16.4. The second kappa shape index (κ2) is 15.1. The number of benzene rings is 1. The van der Waals surface area contributed by atoms with Crippen LogP contribution in [0, 0.1) is 0 Å². The molecule has 1 aromatic carbocycles. The van der Waals surface area contributed by atoms with E-state index in [9.17, 15) is 0 Å². The topological polar surface area (TPSA) is 0 Å². The average Bonchev–Trinajstić information content (AvgIpc) is 2.59. The van der Waals surface area contributed by atoms with Crippen LogP contribution in [0.15, 0.2) is 78.9 Å². The van der Waals surface area contributed by atoms with Crippen molar-refractivity contribution in [3.05, 3.63) is 84.5 Å². The Bertz CT molecular complexity index is 474.